The fraction of sp³-hybridized carbons (Fsp3) is 0.455. The number of rotatable bonds is 7. The van der Waals surface area contributed by atoms with Crippen LogP contribution in [0.15, 0.2) is 5.38 Å². The van der Waals surface area contributed by atoms with Gasteiger partial charge in [-0.15, -0.1) is 11.3 Å². The number of thiazole rings is 1. The van der Waals surface area contributed by atoms with E-state index in [9.17, 15) is 14.4 Å². The van der Waals surface area contributed by atoms with Crippen LogP contribution in [0.5, 0.6) is 0 Å². The first-order valence-corrected chi connectivity index (χ1v) is 6.66. The lowest BCUT2D eigenvalue weighted by atomic mass is 10.3. The first-order chi connectivity index (χ1) is 9.04. The maximum atomic E-state index is 11.6. The van der Waals surface area contributed by atoms with Gasteiger partial charge in [0.1, 0.15) is 0 Å². The number of aromatic nitrogens is 1. The molecule has 0 radical (unpaired) electrons. The molecule has 0 atom stereocenters. The van der Waals surface area contributed by atoms with E-state index in [1.807, 2.05) is 6.92 Å². The Labute approximate surface area is 114 Å². The third kappa shape index (κ3) is 5.04. The zero-order valence-corrected chi connectivity index (χ0v) is 11.2. The minimum Gasteiger partial charge on any atom is -0.476 e. The van der Waals surface area contributed by atoms with Gasteiger partial charge >= 0.3 is 5.97 Å². The molecular weight excluding hydrogens is 270 g/mol. The number of carboxylic acid groups (broad SMARTS) is 1. The van der Waals surface area contributed by atoms with Gasteiger partial charge in [-0.1, -0.05) is 6.92 Å². The van der Waals surface area contributed by atoms with Gasteiger partial charge in [0.2, 0.25) is 5.91 Å². The van der Waals surface area contributed by atoms with Crippen LogP contribution in [-0.4, -0.2) is 41.0 Å². The van der Waals surface area contributed by atoms with Crippen molar-refractivity contribution in [2.24, 2.45) is 0 Å². The van der Waals surface area contributed by atoms with Gasteiger partial charge in [-0.25, -0.2) is 9.78 Å². The van der Waals surface area contributed by atoms with E-state index in [4.69, 9.17) is 5.11 Å². The molecule has 0 unspecified atom stereocenters. The molecule has 1 heterocycles. The van der Waals surface area contributed by atoms with Crippen LogP contribution < -0.4 is 10.6 Å². The molecule has 8 heteroatoms. The van der Waals surface area contributed by atoms with Crippen LogP contribution in [0.25, 0.3) is 0 Å². The molecular formula is C11H15N3O4S. The monoisotopic (exact) mass is 285 g/mol. The van der Waals surface area contributed by atoms with Gasteiger partial charge < -0.3 is 15.7 Å². The smallest absolute Gasteiger partial charge is 0.355 e. The maximum absolute atomic E-state index is 11.6. The largest absolute Gasteiger partial charge is 0.476 e. The van der Waals surface area contributed by atoms with Gasteiger partial charge in [0.15, 0.2) is 10.7 Å². The molecule has 0 spiro atoms. The van der Waals surface area contributed by atoms with Crippen LogP contribution in [0.3, 0.4) is 0 Å². The van der Waals surface area contributed by atoms with Crippen LogP contribution in [0.4, 0.5) is 0 Å². The lowest BCUT2D eigenvalue weighted by Crippen LogP contribution is -2.31. The van der Waals surface area contributed by atoms with Crippen molar-refractivity contribution in [3.05, 3.63) is 16.1 Å². The molecule has 0 saturated heterocycles. The van der Waals surface area contributed by atoms with E-state index in [0.717, 1.165) is 17.8 Å². The summed E-state index contributed by atoms with van der Waals surface area (Å²) in [7, 11) is 0. The highest BCUT2D eigenvalue weighted by Gasteiger charge is 2.14. The zero-order valence-electron chi connectivity index (χ0n) is 10.4. The standard InChI is InChI=1S/C11H15N3O4S/c1-2-4-12-8(15)3-5-13-9(16)10-14-7(6-19-10)11(17)18/h6H,2-5H2,1H3,(H,12,15)(H,13,16)(H,17,18). The van der Waals surface area contributed by atoms with E-state index in [1.165, 1.54) is 5.38 Å². The number of hydrogen-bond acceptors (Lipinski definition) is 5. The van der Waals surface area contributed by atoms with E-state index in [2.05, 4.69) is 15.6 Å². The third-order valence-electron chi connectivity index (χ3n) is 2.13. The summed E-state index contributed by atoms with van der Waals surface area (Å²) < 4.78 is 0. The lowest BCUT2D eigenvalue weighted by molar-refractivity contribution is -0.120. The highest BCUT2D eigenvalue weighted by Crippen LogP contribution is 2.09. The number of nitrogens with one attached hydrogen (secondary N) is 2. The quantitative estimate of drug-likeness (QED) is 0.675. The van der Waals surface area contributed by atoms with Gasteiger partial charge in [-0.3, -0.25) is 9.59 Å². The van der Waals surface area contributed by atoms with Crippen LogP contribution in [0, 0.1) is 0 Å². The SMILES string of the molecule is CCCNC(=O)CCNC(=O)c1nc(C(=O)O)cs1. The van der Waals surface area contributed by atoms with E-state index in [-0.39, 0.29) is 29.6 Å². The number of hydrogen-bond donors (Lipinski definition) is 3. The molecule has 19 heavy (non-hydrogen) atoms. The van der Waals surface area contributed by atoms with Crippen LogP contribution in [0.1, 0.15) is 40.1 Å². The summed E-state index contributed by atoms with van der Waals surface area (Å²) >= 11 is 0.954. The first-order valence-electron chi connectivity index (χ1n) is 5.78. The third-order valence-corrected chi connectivity index (χ3v) is 2.97. The number of aromatic carboxylic acids is 1. The summed E-state index contributed by atoms with van der Waals surface area (Å²) in [6, 6.07) is 0. The molecule has 1 aromatic heterocycles. The zero-order chi connectivity index (χ0) is 14.3. The van der Waals surface area contributed by atoms with E-state index >= 15 is 0 Å². The minimum atomic E-state index is -1.17. The highest BCUT2D eigenvalue weighted by atomic mass is 32.1. The average molecular weight is 285 g/mol. The van der Waals surface area contributed by atoms with Crippen molar-refractivity contribution in [2.45, 2.75) is 19.8 Å². The summed E-state index contributed by atoms with van der Waals surface area (Å²) in [6.07, 6.45) is 1.04. The number of amides is 2. The molecule has 1 aromatic rings. The average Bonchev–Trinajstić information content (AvgIpc) is 2.86. The number of carbonyl (C=O) groups is 3. The second-order valence-corrected chi connectivity index (χ2v) is 4.56. The molecule has 7 nitrogen and oxygen atoms in total. The van der Waals surface area contributed by atoms with Gasteiger partial charge in [-0.2, -0.15) is 0 Å². The number of carbonyl (C=O) groups excluding carboxylic acids is 2. The fourth-order valence-electron chi connectivity index (χ4n) is 1.19. The molecule has 0 bridgehead atoms. The van der Waals surface area contributed by atoms with Crippen molar-refractivity contribution in [2.75, 3.05) is 13.1 Å². The predicted octanol–water partition coefficient (Wildman–Crippen LogP) is 0.487. The predicted molar refractivity (Wildman–Crippen MR) is 69.3 cm³/mol. The Hall–Kier alpha value is -1.96. The Kier molecular flexibility index (Phi) is 5.94. The molecule has 0 aliphatic rings. The molecule has 104 valence electrons. The van der Waals surface area contributed by atoms with Crippen molar-refractivity contribution >= 4 is 29.1 Å². The minimum absolute atomic E-state index is 0.0753. The molecule has 3 N–H and O–H groups in total. The second-order valence-electron chi connectivity index (χ2n) is 3.70. The summed E-state index contributed by atoms with van der Waals surface area (Å²) in [5, 5.41) is 15.2. The van der Waals surface area contributed by atoms with Crippen molar-refractivity contribution in [3.63, 3.8) is 0 Å². The molecule has 0 aliphatic heterocycles. The molecule has 0 aromatic carbocycles. The van der Waals surface area contributed by atoms with Crippen molar-refractivity contribution in [1.29, 1.82) is 0 Å². The van der Waals surface area contributed by atoms with E-state index in [1.54, 1.807) is 0 Å². The molecule has 0 fully saturated rings. The fourth-order valence-corrected chi connectivity index (χ4v) is 1.90. The van der Waals surface area contributed by atoms with Gasteiger partial charge in [0.05, 0.1) is 0 Å². The highest BCUT2D eigenvalue weighted by molar-refractivity contribution is 7.11. The first kappa shape index (κ1) is 15.1. The van der Waals surface area contributed by atoms with Crippen LogP contribution in [0.2, 0.25) is 0 Å². The summed E-state index contributed by atoms with van der Waals surface area (Å²) in [5.41, 5.74) is -0.157. The molecule has 0 saturated carbocycles. The van der Waals surface area contributed by atoms with Gasteiger partial charge in [-0.05, 0) is 6.42 Å². The van der Waals surface area contributed by atoms with E-state index in [0.29, 0.717) is 6.54 Å². The van der Waals surface area contributed by atoms with Crippen LogP contribution >= 0.6 is 11.3 Å². The Bertz CT molecular complexity index is 472. The van der Waals surface area contributed by atoms with Crippen molar-refractivity contribution in [1.82, 2.24) is 15.6 Å². The maximum Gasteiger partial charge on any atom is 0.355 e. The molecule has 0 aliphatic carbocycles. The second kappa shape index (κ2) is 7.47. The van der Waals surface area contributed by atoms with Crippen LogP contribution in [-0.2, 0) is 4.79 Å². The topological polar surface area (TPSA) is 108 Å². The Morgan fingerprint density at radius 1 is 1.32 bits per heavy atom. The van der Waals surface area contributed by atoms with Crippen molar-refractivity contribution in [3.8, 4) is 0 Å². The Morgan fingerprint density at radius 3 is 2.63 bits per heavy atom. The molecule has 1 rings (SSSR count). The summed E-state index contributed by atoms with van der Waals surface area (Å²) in [5.74, 6) is -1.78. The van der Waals surface area contributed by atoms with Gasteiger partial charge in [0, 0.05) is 24.9 Å². The number of carboxylic acids is 1. The van der Waals surface area contributed by atoms with Crippen molar-refractivity contribution < 1.29 is 19.5 Å². The Morgan fingerprint density at radius 2 is 2.05 bits per heavy atom. The summed E-state index contributed by atoms with van der Waals surface area (Å²) in [4.78, 5) is 37.1. The number of nitrogens with zero attached hydrogens (tertiary/aromatic N) is 1. The van der Waals surface area contributed by atoms with E-state index < -0.39 is 11.9 Å². The normalized spacial score (nSPS) is 9.95. The Balaban J connectivity index is 2.34. The lowest BCUT2D eigenvalue weighted by Gasteiger charge is -2.04. The summed E-state index contributed by atoms with van der Waals surface area (Å²) in [6.45, 7) is 2.75. The van der Waals surface area contributed by atoms with Gasteiger partial charge in [0.25, 0.3) is 5.91 Å². The molecule has 2 amide bonds.